The number of hydrogen-bond donors (Lipinski definition) is 3. The van der Waals surface area contributed by atoms with Crippen LogP contribution in [-0.4, -0.2) is 58.1 Å². The molecule has 1 saturated carbocycles. The van der Waals surface area contributed by atoms with Gasteiger partial charge in [-0.1, -0.05) is 0 Å². The highest BCUT2D eigenvalue weighted by molar-refractivity contribution is 14.0. The molecule has 11 heteroatoms. The van der Waals surface area contributed by atoms with Crippen molar-refractivity contribution in [1.82, 2.24) is 20.3 Å². The van der Waals surface area contributed by atoms with E-state index in [1.807, 2.05) is 6.92 Å². The molecule has 0 radical (unpaired) electrons. The molecule has 1 fully saturated rings. The summed E-state index contributed by atoms with van der Waals surface area (Å²) in [6.07, 6.45) is 6.13. The van der Waals surface area contributed by atoms with E-state index in [-0.39, 0.29) is 53.3 Å². The first-order valence-corrected chi connectivity index (χ1v) is 11.0. The number of guanidine groups is 1. The molecule has 1 aromatic rings. The summed E-state index contributed by atoms with van der Waals surface area (Å²) in [5.74, 6) is 0.486. The number of sulfonamides is 1. The third kappa shape index (κ3) is 8.42. The van der Waals surface area contributed by atoms with Gasteiger partial charge in [-0.15, -0.1) is 24.0 Å². The van der Waals surface area contributed by atoms with Gasteiger partial charge in [0.25, 0.3) is 0 Å². The molecule has 0 saturated heterocycles. The summed E-state index contributed by atoms with van der Waals surface area (Å²) in [5, 5.41) is 6.43. The first-order valence-electron chi connectivity index (χ1n) is 9.49. The molecule has 0 bridgehead atoms. The maximum Gasteiger partial charge on any atom is 0.308 e. The highest BCUT2D eigenvalue weighted by Crippen LogP contribution is 2.25. The monoisotopic (exact) mass is 539 g/mol. The van der Waals surface area contributed by atoms with Crippen molar-refractivity contribution in [2.75, 3.05) is 26.7 Å². The fraction of sp³-hybridized carbons (Fsp3) is 0.611. The van der Waals surface area contributed by atoms with Crippen LogP contribution in [0.4, 0.5) is 0 Å². The zero-order chi connectivity index (χ0) is 20.4. The van der Waals surface area contributed by atoms with Gasteiger partial charge >= 0.3 is 5.97 Å². The summed E-state index contributed by atoms with van der Waals surface area (Å²) >= 11 is 0. The topological polar surface area (TPSA) is 122 Å². The van der Waals surface area contributed by atoms with Crippen molar-refractivity contribution < 1.29 is 17.9 Å². The minimum atomic E-state index is -3.57. The number of aromatic nitrogens is 1. The molecule has 0 unspecified atom stereocenters. The Morgan fingerprint density at radius 3 is 2.59 bits per heavy atom. The Morgan fingerprint density at radius 1 is 1.28 bits per heavy atom. The van der Waals surface area contributed by atoms with Gasteiger partial charge in [-0.2, -0.15) is 0 Å². The first-order chi connectivity index (χ1) is 13.5. The van der Waals surface area contributed by atoms with Gasteiger partial charge < -0.3 is 15.4 Å². The summed E-state index contributed by atoms with van der Waals surface area (Å²) in [4.78, 5) is 19.9. The van der Waals surface area contributed by atoms with Crippen molar-refractivity contribution in [3.05, 3.63) is 24.5 Å². The van der Waals surface area contributed by atoms with Gasteiger partial charge in [0, 0.05) is 38.6 Å². The third-order valence-electron chi connectivity index (χ3n) is 4.57. The summed E-state index contributed by atoms with van der Waals surface area (Å²) < 4.78 is 31.9. The van der Waals surface area contributed by atoms with Crippen molar-refractivity contribution in [1.29, 1.82) is 0 Å². The highest BCUT2D eigenvalue weighted by Gasteiger charge is 2.27. The highest BCUT2D eigenvalue weighted by atomic mass is 127. The van der Waals surface area contributed by atoms with Gasteiger partial charge in [0.1, 0.15) is 4.90 Å². The predicted octanol–water partition coefficient (Wildman–Crippen LogP) is 1.26. The van der Waals surface area contributed by atoms with Crippen molar-refractivity contribution in [3.8, 4) is 0 Å². The lowest BCUT2D eigenvalue weighted by atomic mass is 9.86. The van der Waals surface area contributed by atoms with Crippen LogP contribution in [0.3, 0.4) is 0 Å². The molecule has 1 aliphatic carbocycles. The van der Waals surface area contributed by atoms with E-state index in [9.17, 15) is 13.2 Å². The number of rotatable bonds is 8. The number of esters is 1. The normalized spacial score (nSPS) is 19.7. The fourth-order valence-electron chi connectivity index (χ4n) is 3.08. The van der Waals surface area contributed by atoms with E-state index in [1.165, 1.54) is 18.5 Å². The molecule has 0 aromatic carbocycles. The molecule has 29 heavy (non-hydrogen) atoms. The van der Waals surface area contributed by atoms with Gasteiger partial charge in [-0.3, -0.25) is 14.8 Å². The van der Waals surface area contributed by atoms with E-state index in [0.29, 0.717) is 19.1 Å². The van der Waals surface area contributed by atoms with E-state index in [2.05, 4.69) is 25.3 Å². The molecule has 0 aliphatic heterocycles. The van der Waals surface area contributed by atoms with Crippen LogP contribution in [0.2, 0.25) is 0 Å². The lowest BCUT2D eigenvalue weighted by molar-refractivity contribution is -0.149. The maximum absolute atomic E-state index is 12.1. The Balaban J connectivity index is 0.00000420. The lowest BCUT2D eigenvalue weighted by Gasteiger charge is -2.29. The van der Waals surface area contributed by atoms with Gasteiger partial charge in [-0.25, -0.2) is 13.1 Å². The molecule has 1 aromatic heterocycles. The standard InChI is InChI=1S/C18H29N5O4S.HI/c1-3-27-17(24)14-6-8-15(9-7-14)23-18(19-2)21-11-12-22-28(25,26)16-5-4-10-20-13-16;/h4-5,10,13-15,22H,3,6-9,11-12H2,1-2H3,(H2,19,21,23);1H. The van der Waals surface area contributed by atoms with Crippen LogP contribution in [0.15, 0.2) is 34.4 Å². The number of nitrogens with zero attached hydrogens (tertiary/aromatic N) is 2. The number of hydrogen-bond acceptors (Lipinski definition) is 6. The van der Waals surface area contributed by atoms with Gasteiger partial charge in [0.05, 0.1) is 12.5 Å². The molecule has 0 amide bonds. The number of halogens is 1. The number of pyridine rings is 1. The van der Waals surface area contributed by atoms with Gasteiger partial charge in [-0.05, 0) is 44.7 Å². The number of nitrogens with one attached hydrogen (secondary N) is 3. The predicted molar refractivity (Wildman–Crippen MR) is 122 cm³/mol. The van der Waals surface area contributed by atoms with E-state index in [0.717, 1.165) is 25.7 Å². The summed E-state index contributed by atoms with van der Waals surface area (Å²) in [7, 11) is -1.90. The van der Waals surface area contributed by atoms with Crippen LogP contribution in [-0.2, 0) is 19.6 Å². The average molecular weight is 539 g/mol. The molecule has 2 rings (SSSR count). The van der Waals surface area contributed by atoms with Crippen LogP contribution in [0.1, 0.15) is 32.6 Å². The molecule has 1 heterocycles. The number of carbonyl (C=O) groups is 1. The maximum atomic E-state index is 12.1. The molecule has 0 spiro atoms. The minimum Gasteiger partial charge on any atom is -0.466 e. The molecule has 1 aliphatic rings. The molecule has 3 N–H and O–H groups in total. The van der Waals surface area contributed by atoms with E-state index in [4.69, 9.17) is 4.74 Å². The average Bonchev–Trinajstić information content (AvgIpc) is 2.71. The molecule has 0 atom stereocenters. The second-order valence-electron chi connectivity index (χ2n) is 6.53. The third-order valence-corrected chi connectivity index (χ3v) is 6.01. The Labute approximate surface area is 189 Å². The molecular formula is C18H30IN5O4S. The summed E-state index contributed by atoms with van der Waals surface area (Å²) in [5.41, 5.74) is 0. The minimum absolute atomic E-state index is 0. The van der Waals surface area contributed by atoms with Crippen LogP contribution >= 0.6 is 24.0 Å². The largest absolute Gasteiger partial charge is 0.466 e. The van der Waals surface area contributed by atoms with Crippen molar-refractivity contribution in [3.63, 3.8) is 0 Å². The summed E-state index contributed by atoms with van der Waals surface area (Å²) in [6, 6.07) is 3.30. The van der Waals surface area contributed by atoms with Crippen molar-refractivity contribution in [2.24, 2.45) is 10.9 Å². The van der Waals surface area contributed by atoms with E-state index < -0.39 is 10.0 Å². The van der Waals surface area contributed by atoms with E-state index >= 15 is 0 Å². The molecule has 164 valence electrons. The van der Waals surface area contributed by atoms with Crippen LogP contribution in [0.5, 0.6) is 0 Å². The second-order valence-corrected chi connectivity index (χ2v) is 8.30. The van der Waals surface area contributed by atoms with Crippen LogP contribution in [0, 0.1) is 5.92 Å². The smallest absolute Gasteiger partial charge is 0.308 e. The van der Waals surface area contributed by atoms with E-state index in [1.54, 1.807) is 13.1 Å². The molecular weight excluding hydrogens is 509 g/mol. The Bertz CT molecular complexity index is 753. The fourth-order valence-corrected chi connectivity index (χ4v) is 4.07. The Hall–Kier alpha value is -1.47. The van der Waals surface area contributed by atoms with Crippen molar-refractivity contribution in [2.45, 2.75) is 43.5 Å². The zero-order valence-electron chi connectivity index (χ0n) is 16.8. The number of aliphatic imine (C=N–C) groups is 1. The number of ether oxygens (including phenoxy) is 1. The first kappa shape index (κ1) is 25.6. The van der Waals surface area contributed by atoms with Gasteiger partial charge in [0.15, 0.2) is 5.96 Å². The Kier molecular flexibility index (Phi) is 11.4. The van der Waals surface area contributed by atoms with Crippen LogP contribution < -0.4 is 15.4 Å². The van der Waals surface area contributed by atoms with Crippen molar-refractivity contribution >= 4 is 45.9 Å². The SMILES string of the molecule is CCOC(=O)C1CCC(NC(=NC)NCCNS(=O)(=O)c2cccnc2)CC1.I. The quantitative estimate of drug-likeness (QED) is 0.150. The Morgan fingerprint density at radius 2 is 2.00 bits per heavy atom. The zero-order valence-corrected chi connectivity index (χ0v) is 19.9. The van der Waals surface area contributed by atoms with Gasteiger partial charge in [0.2, 0.25) is 10.0 Å². The van der Waals surface area contributed by atoms with Crippen LogP contribution in [0.25, 0.3) is 0 Å². The lowest BCUT2D eigenvalue weighted by Crippen LogP contribution is -2.47. The second kappa shape index (κ2) is 13.0. The summed E-state index contributed by atoms with van der Waals surface area (Å²) in [6.45, 7) is 2.83. The molecule has 9 nitrogen and oxygen atoms in total. The number of carbonyl (C=O) groups excluding carboxylic acids is 1.